The quantitative estimate of drug-likeness (QED) is 0.419. The summed E-state index contributed by atoms with van der Waals surface area (Å²) in [6.07, 6.45) is 0.418. The van der Waals surface area contributed by atoms with E-state index in [1.165, 1.54) is 20.4 Å². The van der Waals surface area contributed by atoms with Gasteiger partial charge in [0.2, 0.25) is 5.75 Å². The zero-order valence-electron chi connectivity index (χ0n) is 18.1. The number of H-pyrrole nitrogens is 1. The zero-order chi connectivity index (χ0) is 23.3. The smallest absolute Gasteiger partial charge is 0.349 e. The second kappa shape index (κ2) is 9.82. The van der Waals surface area contributed by atoms with Gasteiger partial charge in [-0.1, -0.05) is 12.1 Å². The number of carbonyl (C=O) groups is 1. The number of para-hydroxylation sites is 1. The first-order chi connectivity index (χ1) is 15.4. The molecule has 1 heterocycles. The minimum absolute atomic E-state index is 0.202. The Morgan fingerprint density at radius 1 is 1.16 bits per heavy atom. The largest absolute Gasteiger partial charge is 0.493 e. The zero-order valence-corrected chi connectivity index (χ0v) is 18.1. The summed E-state index contributed by atoms with van der Waals surface area (Å²) >= 11 is 0. The fourth-order valence-electron chi connectivity index (χ4n) is 2.96. The van der Waals surface area contributed by atoms with Crippen LogP contribution in [0.15, 0.2) is 51.1 Å². The maximum absolute atomic E-state index is 12.6. The molecule has 0 unspecified atom stereocenters. The predicted molar refractivity (Wildman–Crippen MR) is 118 cm³/mol. The Kier molecular flexibility index (Phi) is 6.93. The molecular weight excluding hydrogens is 418 g/mol. The van der Waals surface area contributed by atoms with Gasteiger partial charge in [-0.15, -0.1) is 4.68 Å². The Morgan fingerprint density at radius 3 is 2.44 bits per heavy atom. The molecule has 0 amide bonds. The third kappa shape index (κ3) is 4.64. The number of methoxy groups -OCH3 is 2. The molecule has 1 N–H and O–H groups in total. The van der Waals surface area contributed by atoms with Crippen LogP contribution in [0.3, 0.4) is 0 Å². The fraction of sp³-hybridized carbons (Fsp3) is 0.273. The highest BCUT2D eigenvalue weighted by Gasteiger charge is 2.22. The molecular formula is C22H23N3O7. The van der Waals surface area contributed by atoms with E-state index in [0.29, 0.717) is 16.5 Å². The molecule has 2 aromatic carbocycles. The molecule has 0 aliphatic rings. The average Bonchev–Trinajstić information content (AvgIpc) is 2.79. The molecule has 0 saturated carbocycles. The number of rotatable bonds is 8. The number of fused-ring (bicyclic) bond motifs is 1. The molecule has 32 heavy (non-hydrogen) atoms. The van der Waals surface area contributed by atoms with Crippen molar-refractivity contribution in [3.63, 3.8) is 0 Å². The third-order valence-electron chi connectivity index (χ3n) is 4.50. The van der Waals surface area contributed by atoms with Crippen LogP contribution in [0.4, 0.5) is 0 Å². The van der Waals surface area contributed by atoms with Crippen LogP contribution >= 0.6 is 0 Å². The number of hydrogen-bond acceptors (Lipinski definition) is 8. The van der Waals surface area contributed by atoms with Gasteiger partial charge in [-0.3, -0.25) is 4.79 Å². The van der Waals surface area contributed by atoms with Gasteiger partial charge < -0.3 is 23.9 Å². The summed E-state index contributed by atoms with van der Waals surface area (Å²) in [7, 11) is 2.85. The van der Waals surface area contributed by atoms with E-state index in [4.69, 9.17) is 18.9 Å². The van der Waals surface area contributed by atoms with Gasteiger partial charge in [0.15, 0.2) is 17.6 Å². The number of hydrogen-bond donors (Lipinski definition) is 1. The molecule has 0 radical (unpaired) electrons. The Bertz CT molecular complexity index is 1250. The molecule has 0 saturated heterocycles. The van der Waals surface area contributed by atoms with Crippen molar-refractivity contribution in [1.29, 1.82) is 0 Å². The van der Waals surface area contributed by atoms with Gasteiger partial charge in [-0.05, 0) is 38.1 Å². The first kappa shape index (κ1) is 22.6. The lowest BCUT2D eigenvalue weighted by Gasteiger charge is -2.18. The first-order valence-corrected chi connectivity index (χ1v) is 9.77. The predicted octanol–water partition coefficient (Wildman–Crippen LogP) is 1.92. The van der Waals surface area contributed by atoms with Gasteiger partial charge in [-0.2, -0.15) is 5.10 Å². The second-order valence-corrected chi connectivity index (χ2v) is 6.60. The number of aromatic nitrogens is 2. The summed E-state index contributed by atoms with van der Waals surface area (Å²) in [6.45, 7) is 3.47. The van der Waals surface area contributed by atoms with Crippen LogP contribution in [0, 0.1) is 0 Å². The van der Waals surface area contributed by atoms with Crippen LogP contribution in [0.25, 0.3) is 10.9 Å². The van der Waals surface area contributed by atoms with Crippen LogP contribution in [-0.2, 0) is 9.53 Å². The van der Waals surface area contributed by atoms with Gasteiger partial charge in [0.1, 0.15) is 0 Å². The van der Waals surface area contributed by atoms with E-state index < -0.39 is 23.3 Å². The number of ether oxygens (including phenoxy) is 4. The number of benzene rings is 2. The van der Waals surface area contributed by atoms with Crippen molar-refractivity contribution in [3.8, 4) is 17.2 Å². The van der Waals surface area contributed by atoms with Crippen molar-refractivity contribution in [3.05, 3.63) is 62.8 Å². The van der Waals surface area contributed by atoms with Crippen LogP contribution in [0.2, 0.25) is 0 Å². The number of aromatic amines is 1. The summed E-state index contributed by atoms with van der Waals surface area (Å²) in [6, 6.07) is 9.79. The van der Waals surface area contributed by atoms with E-state index in [2.05, 4.69) is 10.1 Å². The lowest BCUT2D eigenvalue weighted by Crippen LogP contribution is -2.32. The Hall–Kier alpha value is -4.08. The highest BCUT2D eigenvalue weighted by molar-refractivity contribution is 5.83. The standard InChI is InChI=1S/C22H23N3O7/c1-5-31-21(27)13(2)32-19-17(29-3)10-14(11-18(19)30-4)12-23-25-20(26)15-8-6-7-9-16(15)24-22(25)28/h6-13H,5H2,1-4H3,(H,24,28)/t13-/m0/s1. The molecule has 1 aromatic heterocycles. The van der Waals surface area contributed by atoms with Gasteiger partial charge in [-0.25, -0.2) is 9.59 Å². The highest BCUT2D eigenvalue weighted by Crippen LogP contribution is 2.39. The lowest BCUT2D eigenvalue weighted by molar-refractivity contribution is -0.150. The number of nitrogens with zero attached hydrogens (tertiary/aromatic N) is 2. The number of esters is 1. The Balaban J connectivity index is 1.99. The van der Waals surface area contributed by atoms with Crippen LogP contribution in [0.1, 0.15) is 19.4 Å². The minimum atomic E-state index is -0.896. The molecule has 0 fully saturated rings. The van der Waals surface area contributed by atoms with E-state index in [0.717, 1.165) is 4.68 Å². The normalized spacial score (nSPS) is 12.0. The lowest BCUT2D eigenvalue weighted by atomic mass is 10.2. The van der Waals surface area contributed by atoms with Crippen LogP contribution in [-0.4, -0.2) is 48.8 Å². The minimum Gasteiger partial charge on any atom is -0.493 e. The van der Waals surface area contributed by atoms with Gasteiger partial charge in [0, 0.05) is 5.56 Å². The monoisotopic (exact) mass is 441 g/mol. The molecule has 0 spiro atoms. The summed E-state index contributed by atoms with van der Waals surface area (Å²) in [5.74, 6) is 0.203. The molecule has 168 valence electrons. The van der Waals surface area contributed by atoms with Crippen LogP contribution < -0.4 is 25.5 Å². The molecule has 1 atom stereocenters. The summed E-state index contributed by atoms with van der Waals surface area (Å²) < 4.78 is 22.1. The molecule has 0 aliphatic heterocycles. The van der Waals surface area contributed by atoms with E-state index in [-0.39, 0.29) is 23.9 Å². The van der Waals surface area contributed by atoms with Crippen LogP contribution in [0.5, 0.6) is 17.2 Å². The molecule has 3 aromatic rings. The SMILES string of the molecule is CCOC(=O)[C@H](C)Oc1c(OC)cc(C=Nn2c(=O)[nH]c3ccccc3c2=O)cc1OC. The second-order valence-electron chi connectivity index (χ2n) is 6.60. The summed E-state index contributed by atoms with van der Waals surface area (Å²) in [5, 5.41) is 4.36. The van der Waals surface area contributed by atoms with Crippen molar-refractivity contribution in [2.75, 3.05) is 20.8 Å². The molecule has 3 rings (SSSR count). The summed E-state index contributed by atoms with van der Waals surface area (Å²) in [5.41, 5.74) is -0.335. The third-order valence-corrected chi connectivity index (χ3v) is 4.50. The van der Waals surface area contributed by atoms with Crippen molar-refractivity contribution in [2.24, 2.45) is 5.10 Å². The molecule has 10 heteroatoms. The van der Waals surface area contributed by atoms with Crippen molar-refractivity contribution in [1.82, 2.24) is 9.66 Å². The number of carbonyl (C=O) groups excluding carboxylic acids is 1. The van der Waals surface area contributed by atoms with Gasteiger partial charge >= 0.3 is 11.7 Å². The average molecular weight is 441 g/mol. The Morgan fingerprint density at radius 2 is 1.81 bits per heavy atom. The molecule has 10 nitrogen and oxygen atoms in total. The molecule has 0 bridgehead atoms. The van der Waals surface area contributed by atoms with E-state index in [1.54, 1.807) is 50.2 Å². The Labute approximate surface area is 183 Å². The maximum Gasteiger partial charge on any atom is 0.349 e. The number of nitrogens with one attached hydrogen (secondary N) is 1. The topological polar surface area (TPSA) is 121 Å². The summed E-state index contributed by atoms with van der Waals surface area (Å²) in [4.78, 5) is 39.4. The van der Waals surface area contributed by atoms with Gasteiger partial charge in [0.25, 0.3) is 5.56 Å². The fourth-order valence-corrected chi connectivity index (χ4v) is 2.96. The van der Waals surface area contributed by atoms with E-state index in [9.17, 15) is 14.4 Å². The van der Waals surface area contributed by atoms with Crippen molar-refractivity contribution < 1.29 is 23.7 Å². The van der Waals surface area contributed by atoms with Gasteiger partial charge in [0.05, 0.1) is 37.9 Å². The highest BCUT2D eigenvalue weighted by atomic mass is 16.6. The first-order valence-electron chi connectivity index (χ1n) is 9.77. The van der Waals surface area contributed by atoms with E-state index in [1.807, 2.05) is 0 Å². The van der Waals surface area contributed by atoms with Crippen molar-refractivity contribution in [2.45, 2.75) is 20.0 Å². The molecule has 0 aliphatic carbocycles. The van der Waals surface area contributed by atoms with Crippen molar-refractivity contribution >= 4 is 23.1 Å². The maximum atomic E-state index is 12.6. The van der Waals surface area contributed by atoms with E-state index >= 15 is 0 Å².